The number of aromatic nitrogens is 4. The van der Waals surface area contributed by atoms with Crippen LogP contribution in [0.25, 0.3) is 16.9 Å². The van der Waals surface area contributed by atoms with Crippen LogP contribution in [-0.2, 0) is 23.9 Å². The molecule has 2 aromatic carbocycles. The Bertz CT molecular complexity index is 1430. The first-order valence-corrected chi connectivity index (χ1v) is 12.4. The summed E-state index contributed by atoms with van der Waals surface area (Å²) in [5, 5.41) is 6.11. The van der Waals surface area contributed by atoms with E-state index in [1.165, 1.54) is 0 Å². The van der Waals surface area contributed by atoms with Gasteiger partial charge in [0.05, 0.1) is 16.9 Å². The minimum atomic E-state index is -4.78. The van der Waals surface area contributed by atoms with E-state index in [2.05, 4.69) is 15.0 Å². The lowest BCUT2D eigenvalue weighted by Gasteiger charge is -2.22. The van der Waals surface area contributed by atoms with Gasteiger partial charge in [-0.15, -0.1) is 0 Å². The summed E-state index contributed by atoms with van der Waals surface area (Å²) in [6.07, 6.45) is 0.117. The van der Waals surface area contributed by atoms with Crippen LogP contribution in [-0.4, -0.2) is 37.6 Å². The highest BCUT2D eigenvalue weighted by atomic mass is 19.4. The molecule has 38 heavy (non-hydrogen) atoms. The van der Waals surface area contributed by atoms with Crippen LogP contribution in [0.3, 0.4) is 0 Å². The fourth-order valence-electron chi connectivity index (χ4n) is 4.68. The molecule has 1 unspecified atom stereocenters. The van der Waals surface area contributed by atoms with Crippen molar-refractivity contribution in [3.63, 3.8) is 0 Å². The standard InChI is InChI=1S/C28H26F3N5O2/c29-28(30,31)26-22(17-36(34-26)21-10-5-2-6-11-21)27(38)32-14-7-12-24(37)20-13-15-35-18-23(33-25(35)16-20)19-8-3-1-4-9-19/h1-6,8-11,17-18,20H,7,12-16H2,(H,32,38). The van der Waals surface area contributed by atoms with E-state index in [0.29, 0.717) is 31.5 Å². The number of aryl methyl sites for hydroxylation is 1. The number of hydrogen-bond donors (Lipinski definition) is 1. The van der Waals surface area contributed by atoms with Crippen molar-refractivity contribution >= 4 is 11.7 Å². The Morgan fingerprint density at radius 3 is 2.42 bits per heavy atom. The number of ketones is 1. The van der Waals surface area contributed by atoms with Gasteiger partial charge in [0.25, 0.3) is 5.91 Å². The third kappa shape index (κ3) is 5.53. The number of rotatable bonds is 8. The molecule has 0 bridgehead atoms. The van der Waals surface area contributed by atoms with Gasteiger partial charge in [0.2, 0.25) is 0 Å². The van der Waals surface area contributed by atoms with Crippen LogP contribution >= 0.6 is 0 Å². The molecule has 1 aliphatic heterocycles. The number of para-hydroxylation sites is 1. The van der Waals surface area contributed by atoms with Gasteiger partial charge in [-0.3, -0.25) is 9.59 Å². The minimum Gasteiger partial charge on any atom is -0.352 e. The first-order valence-electron chi connectivity index (χ1n) is 12.4. The van der Waals surface area contributed by atoms with Crippen LogP contribution in [0.1, 0.15) is 41.1 Å². The predicted octanol–water partition coefficient (Wildman–Crippen LogP) is 5.10. The van der Waals surface area contributed by atoms with Crippen LogP contribution < -0.4 is 5.32 Å². The summed E-state index contributed by atoms with van der Waals surface area (Å²) in [7, 11) is 0. The Labute approximate surface area is 217 Å². The Balaban J connectivity index is 1.15. The molecule has 1 atom stereocenters. The van der Waals surface area contributed by atoms with E-state index in [9.17, 15) is 22.8 Å². The van der Waals surface area contributed by atoms with E-state index in [1.54, 1.807) is 30.3 Å². The average molecular weight is 522 g/mol. The summed E-state index contributed by atoms with van der Waals surface area (Å²) >= 11 is 0. The quantitative estimate of drug-likeness (QED) is 0.327. The molecule has 1 aliphatic rings. The number of carbonyl (C=O) groups excluding carboxylic acids is 2. The fourth-order valence-corrected chi connectivity index (χ4v) is 4.68. The molecule has 0 saturated heterocycles. The molecule has 0 fully saturated rings. The summed E-state index contributed by atoms with van der Waals surface area (Å²) in [5.41, 5.74) is 0.511. The van der Waals surface area contributed by atoms with Crippen LogP contribution in [0.15, 0.2) is 73.1 Å². The Kier molecular flexibility index (Phi) is 7.13. The van der Waals surface area contributed by atoms with Gasteiger partial charge in [-0.1, -0.05) is 48.5 Å². The zero-order valence-electron chi connectivity index (χ0n) is 20.5. The summed E-state index contributed by atoms with van der Waals surface area (Å²) in [6.45, 7) is 0.784. The van der Waals surface area contributed by atoms with Crippen molar-refractivity contribution in [1.82, 2.24) is 24.6 Å². The number of nitrogens with one attached hydrogen (secondary N) is 1. The molecule has 0 radical (unpaired) electrons. The fraction of sp³-hybridized carbons (Fsp3) is 0.286. The van der Waals surface area contributed by atoms with E-state index in [-0.39, 0.29) is 24.7 Å². The Hall–Kier alpha value is -4.21. The second-order valence-electron chi connectivity index (χ2n) is 9.29. The topological polar surface area (TPSA) is 81.8 Å². The second-order valence-corrected chi connectivity index (χ2v) is 9.29. The number of benzene rings is 2. The number of Topliss-reactive ketones (excluding diaryl/α,β-unsaturated/α-hetero) is 1. The number of amides is 1. The third-order valence-corrected chi connectivity index (χ3v) is 6.67. The van der Waals surface area contributed by atoms with Crippen molar-refractivity contribution in [2.75, 3.05) is 6.54 Å². The van der Waals surface area contributed by atoms with Crippen molar-refractivity contribution in [2.45, 2.75) is 38.4 Å². The summed E-state index contributed by atoms with van der Waals surface area (Å²) in [4.78, 5) is 30.1. The van der Waals surface area contributed by atoms with Gasteiger partial charge in [0, 0.05) is 49.8 Å². The largest absolute Gasteiger partial charge is 0.435 e. The molecule has 196 valence electrons. The van der Waals surface area contributed by atoms with Gasteiger partial charge >= 0.3 is 6.18 Å². The molecule has 1 amide bonds. The Morgan fingerprint density at radius 2 is 1.71 bits per heavy atom. The van der Waals surface area contributed by atoms with E-state index in [1.807, 2.05) is 36.5 Å². The zero-order valence-corrected chi connectivity index (χ0v) is 20.5. The first kappa shape index (κ1) is 25.4. The molecule has 3 heterocycles. The number of fused-ring (bicyclic) bond motifs is 1. The first-order chi connectivity index (χ1) is 18.3. The Morgan fingerprint density at radius 1 is 1.00 bits per heavy atom. The molecule has 10 heteroatoms. The van der Waals surface area contributed by atoms with E-state index >= 15 is 0 Å². The molecule has 0 saturated carbocycles. The molecule has 4 aromatic rings. The maximum atomic E-state index is 13.5. The second kappa shape index (κ2) is 10.6. The van der Waals surface area contributed by atoms with Gasteiger partial charge in [-0.25, -0.2) is 9.67 Å². The van der Waals surface area contributed by atoms with Gasteiger partial charge in [-0.2, -0.15) is 18.3 Å². The number of hydrogen-bond acceptors (Lipinski definition) is 4. The highest BCUT2D eigenvalue weighted by Crippen LogP contribution is 2.31. The highest BCUT2D eigenvalue weighted by Gasteiger charge is 2.39. The number of nitrogens with zero attached hydrogens (tertiary/aromatic N) is 4. The van der Waals surface area contributed by atoms with Crippen LogP contribution in [0.4, 0.5) is 13.2 Å². The van der Waals surface area contributed by atoms with Gasteiger partial charge in [0.1, 0.15) is 11.6 Å². The number of alkyl halides is 3. The van der Waals surface area contributed by atoms with Crippen LogP contribution in [0, 0.1) is 5.92 Å². The molecule has 0 aliphatic carbocycles. The van der Waals surface area contributed by atoms with Crippen molar-refractivity contribution in [2.24, 2.45) is 5.92 Å². The van der Waals surface area contributed by atoms with E-state index in [4.69, 9.17) is 4.98 Å². The molecule has 2 aromatic heterocycles. The summed E-state index contributed by atoms with van der Waals surface area (Å²) in [6, 6.07) is 18.1. The average Bonchev–Trinajstić information content (AvgIpc) is 3.57. The van der Waals surface area contributed by atoms with E-state index in [0.717, 1.165) is 28.0 Å². The van der Waals surface area contributed by atoms with E-state index < -0.39 is 23.3 Å². The maximum absolute atomic E-state index is 13.5. The lowest BCUT2D eigenvalue weighted by molar-refractivity contribution is -0.141. The normalized spacial score (nSPS) is 15.2. The molecular formula is C28H26F3N5O2. The monoisotopic (exact) mass is 521 g/mol. The van der Waals surface area contributed by atoms with Gasteiger partial charge in [-0.05, 0) is 25.0 Å². The van der Waals surface area contributed by atoms with Gasteiger partial charge in [0.15, 0.2) is 5.69 Å². The number of halogens is 3. The molecule has 0 spiro atoms. The maximum Gasteiger partial charge on any atom is 0.435 e. The van der Waals surface area contributed by atoms with Gasteiger partial charge < -0.3 is 9.88 Å². The van der Waals surface area contributed by atoms with Crippen molar-refractivity contribution in [3.8, 4) is 16.9 Å². The third-order valence-electron chi connectivity index (χ3n) is 6.67. The minimum absolute atomic E-state index is 0.0719. The number of imidazole rings is 1. The van der Waals surface area contributed by atoms with Crippen LogP contribution in [0.2, 0.25) is 0 Å². The predicted molar refractivity (Wildman–Crippen MR) is 135 cm³/mol. The molecular weight excluding hydrogens is 495 g/mol. The lowest BCUT2D eigenvalue weighted by Crippen LogP contribution is -2.29. The zero-order chi connectivity index (χ0) is 26.7. The highest BCUT2D eigenvalue weighted by molar-refractivity contribution is 5.95. The van der Waals surface area contributed by atoms with Crippen molar-refractivity contribution in [3.05, 3.63) is 90.1 Å². The smallest absolute Gasteiger partial charge is 0.352 e. The number of carbonyl (C=O) groups is 2. The summed E-state index contributed by atoms with van der Waals surface area (Å²) in [5.74, 6) is -0.0928. The van der Waals surface area contributed by atoms with Crippen molar-refractivity contribution < 1.29 is 22.8 Å². The molecule has 7 nitrogen and oxygen atoms in total. The SMILES string of the molecule is O=C(NCCCC(=O)C1CCn2cc(-c3ccccc3)nc2C1)c1cn(-c2ccccc2)nc1C(F)(F)F. The van der Waals surface area contributed by atoms with Crippen LogP contribution in [0.5, 0.6) is 0 Å². The molecule has 1 N–H and O–H groups in total. The molecule has 5 rings (SSSR count). The van der Waals surface area contributed by atoms with Crippen molar-refractivity contribution in [1.29, 1.82) is 0 Å². The lowest BCUT2D eigenvalue weighted by atomic mass is 9.91. The summed E-state index contributed by atoms with van der Waals surface area (Å²) < 4.78 is 43.7.